The van der Waals surface area contributed by atoms with Crippen LogP contribution in [0.25, 0.3) is 0 Å². The molecule has 3 aromatic rings. The van der Waals surface area contributed by atoms with Gasteiger partial charge in [-0.25, -0.2) is 0 Å². The van der Waals surface area contributed by atoms with Crippen LogP contribution in [0.15, 0.2) is 66.7 Å². The fourth-order valence-electron chi connectivity index (χ4n) is 4.43. The molecule has 5 nitrogen and oxygen atoms in total. The molecular formula is C25H22ClN3O2. The zero-order chi connectivity index (χ0) is 21.6. The predicted molar refractivity (Wildman–Crippen MR) is 124 cm³/mol. The molecule has 3 aromatic carbocycles. The van der Waals surface area contributed by atoms with Crippen molar-refractivity contribution in [2.75, 3.05) is 15.5 Å². The van der Waals surface area contributed by atoms with Crippen LogP contribution in [0.3, 0.4) is 0 Å². The first-order chi connectivity index (χ1) is 15.1. The molecule has 0 saturated carbocycles. The summed E-state index contributed by atoms with van der Waals surface area (Å²) in [5, 5.41) is 6.69. The SMILES string of the molecule is CCCCc1ccc(N2C(=O)c3ccccc3NC23C(=O)Nc2c(Cl)cccc23)cc1. The van der Waals surface area contributed by atoms with Crippen LogP contribution >= 0.6 is 11.6 Å². The summed E-state index contributed by atoms with van der Waals surface area (Å²) in [7, 11) is 0. The van der Waals surface area contributed by atoms with Crippen LogP contribution in [0.2, 0.25) is 5.02 Å². The molecule has 0 saturated heterocycles. The number of nitrogens with one attached hydrogen (secondary N) is 2. The molecule has 2 aliphatic heterocycles. The summed E-state index contributed by atoms with van der Waals surface area (Å²) >= 11 is 6.39. The Morgan fingerprint density at radius 3 is 2.52 bits per heavy atom. The molecule has 1 spiro atoms. The number of halogens is 1. The summed E-state index contributed by atoms with van der Waals surface area (Å²) in [5.41, 5.74) is 2.72. The Labute approximate surface area is 186 Å². The number of carbonyl (C=O) groups excluding carboxylic acids is 2. The van der Waals surface area contributed by atoms with Crippen molar-refractivity contribution >= 4 is 40.5 Å². The number of benzene rings is 3. The molecular weight excluding hydrogens is 410 g/mol. The molecule has 156 valence electrons. The fourth-order valence-corrected chi connectivity index (χ4v) is 4.65. The summed E-state index contributed by atoms with van der Waals surface area (Å²) in [6.07, 6.45) is 3.21. The largest absolute Gasteiger partial charge is 0.350 e. The third-order valence-corrected chi connectivity index (χ3v) is 6.31. The number of fused-ring (bicyclic) bond motifs is 3. The topological polar surface area (TPSA) is 61.4 Å². The second-order valence-corrected chi connectivity index (χ2v) is 8.32. The third-order valence-electron chi connectivity index (χ3n) is 6.00. The van der Waals surface area contributed by atoms with Gasteiger partial charge in [0.25, 0.3) is 11.8 Å². The minimum absolute atomic E-state index is 0.237. The lowest BCUT2D eigenvalue weighted by Gasteiger charge is -2.44. The Balaban J connectivity index is 1.70. The molecule has 5 rings (SSSR count). The Kier molecular flexibility index (Phi) is 4.71. The van der Waals surface area contributed by atoms with Gasteiger partial charge in [0, 0.05) is 16.9 Å². The highest BCUT2D eigenvalue weighted by Gasteiger charge is 2.57. The number of hydrogen-bond acceptors (Lipinski definition) is 3. The number of rotatable bonds is 4. The van der Waals surface area contributed by atoms with E-state index in [1.165, 1.54) is 5.56 Å². The van der Waals surface area contributed by atoms with Crippen LogP contribution in [0.1, 0.15) is 41.3 Å². The highest BCUT2D eigenvalue weighted by molar-refractivity contribution is 6.35. The van der Waals surface area contributed by atoms with Crippen molar-refractivity contribution in [1.29, 1.82) is 0 Å². The van der Waals surface area contributed by atoms with E-state index >= 15 is 0 Å². The van der Waals surface area contributed by atoms with Gasteiger partial charge in [-0.3, -0.25) is 14.5 Å². The van der Waals surface area contributed by atoms with E-state index in [1.54, 1.807) is 23.1 Å². The Bertz CT molecular complexity index is 1190. The zero-order valence-corrected chi connectivity index (χ0v) is 17.9. The van der Waals surface area contributed by atoms with E-state index < -0.39 is 5.66 Å². The van der Waals surface area contributed by atoms with Gasteiger partial charge in [-0.05, 0) is 48.7 Å². The molecule has 2 amide bonds. The van der Waals surface area contributed by atoms with Gasteiger partial charge in [-0.1, -0.05) is 61.3 Å². The van der Waals surface area contributed by atoms with Crippen molar-refractivity contribution in [1.82, 2.24) is 0 Å². The number of anilines is 3. The summed E-state index contributed by atoms with van der Waals surface area (Å²) in [6.45, 7) is 2.16. The van der Waals surface area contributed by atoms with Gasteiger partial charge in [-0.15, -0.1) is 0 Å². The van der Waals surface area contributed by atoms with E-state index in [0.29, 0.717) is 33.2 Å². The van der Waals surface area contributed by atoms with Gasteiger partial charge in [-0.2, -0.15) is 0 Å². The van der Waals surface area contributed by atoms with Gasteiger partial charge in [0.1, 0.15) is 0 Å². The summed E-state index contributed by atoms with van der Waals surface area (Å²) in [4.78, 5) is 28.8. The van der Waals surface area contributed by atoms with Crippen LogP contribution < -0.4 is 15.5 Å². The van der Waals surface area contributed by atoms with E-state index in [2.05, 4.69) is 17.6 Å². The first kappa shape index (κ1) is 19.6. The lowest BCUT2D eigenvalue weighted by atomic mass is 9.92. The first-order valence-electron chi connectivity index (χ1n) is 10.5. The minimum Gasteiger partial charge on any atom is -0.350 e. The molecule has 0 fully saturated rings. The molecule has 31 heavy (non-hydrogen) atoms. The maximum atomic E-state index is 13.7. The van der Waals surface area contributed by atoms with Crippen molar-refractivity contribution < 1.29 is 9.59 Å². The number of aryl methyl sites for hydroxylation is 1. The van der Waals surface area contributed by atoms with Crippen molar-refractivity contribution in [2.45, 2.75) is 31.8 Å². The second-order valence-electron chi connectivity index (χ2n) is 7.91. The number of para-hydroxylation sites is 2. The van der Waals surface area contributed by atoms with Crippen LogP contribution in [0, 0.1) is 0 Å². The van der Waals surface area contributed by atoms with Crippen LogP contribution in [-0.4, -0.2) is 11.8 Å². The maximum Gasteiger partial charge on any atom is 0.276 e. The van der Waals surface area contributed by atoms with Crippen LogP contribution in [-0.2, 0) is 16.9 Å². The third kappa shape index (κ3) is 2.92. The quantitative estimate of drug-likeness (QED) is 0.568. The number of unbranched alkanes of at least 4 members (excludes halogenated alkanes) is 1. The van der Waals surface area contributed by atoms with Gasteiger partial charge < -0.3 is 10.6 Å². The van der Waals surface area contributed by atoms with Gasteiger partial charge >= 0.3 is 0 Å². The van der Waals surface area contributed by atoms with E-state index in [1.807, 2.05) is 48.5 Å². The van der Waals surface area contributed by atoms with Crippen molar-refractivity contribution in [3.05, 3.63) is 88.4 Å². The Morgan fingerprint density at radius 2 is 1.74 bits per heavy atom. The molecule has 0 aliphatic carbocycles. The highest BCUT2D eigenvalue weighted by atomic mass is 35.5. The number of nitrogens with zero attached hydrogens (tertiary/aromatic N) is 1. The lowest BCUT2D eigenvalue weighted by molar-refractivity contribution is -0.119. The monoisotopic (exact) mass is 431 g/mol. The van der Waals surface area contributed by atoms with Gasteiger partial charge in [0.15, 0.2) is 0 Å². The Morgan fingerprint density at radius 1 is 0.968 bits per heavy atom. The first-order valence-corrected chi connectivity index (χ1v) is 10.8. The van der Waals surface area contributed by atoms with Crippen LogP contribution in [0.5, 0.6) is 0 Å². The predicted octanol–water partition coefficient (Wildman–Crippen LogP) is 5.56. The van der Waals surface area contributed by atoms with Crippen molar-refractivity contribution in [2.24, 2.45) is 0 Å². The molecule has 2 aliphatic rings. The average molecular weight is 432 g/mol. The minimum atomic E-state index is -1.42. The molecule has 2 heterocycles. The number of amides is 2. The molecule has 1 unspecified atom stereocenters. The normalized spacial score (nSPS) is 19.1. The second kappa shape index (κ2) is 7.43. The average Bonchev–Trinajstić information content (AvgIpc) is 3.06. The van der Waals surface area contributed by atoms with E-state index in [0.717, 1.165) is 19.3 Å². The standard InChI is InChI=1S/C25H22ClN3O2/c1-2-3-7-16-12-14-17(15-13-16)29-23(30)18-8-4-5-11-21(18)28-25(29)19-9-6-10-20(26)22(19)27-24(25)31/h4-6,8-15,28H,2-3,7H2,1H3,(H,27,31). The van der Waals surface area contributed by atoms with Gasteiger partial charge in [0.05, 0.1) is 16.3 Å². The van der Waals surface area contributed by atoms with E-state index in [9.17, 15) is 9.59 Å². The molecule has 6 heteroatoms. The summed E-state index contributed by atoms with van der Waals surface area (Å²) in [5.74, 6) is -0.577. The molecule has 0 aromatic heterocycles. The molecule has 0 radical (unpaired) electrons. The van der Waals surface area contributed by atoms with E-state index in [4.69, 9.17) is 11.6 Å². The van der Waals surface area contributed by atoms with Crippen molar-refractivity contribution in [3.8, 4) is 0 Å². The van der Waals surface area contributed by atoms with Crippen molar-refractivity contribution in [3.63, 3.8) is 0 Å². The van der Waals surface area contributed by atoms with Crippen LogP contribution in [0.4, 0.5) is 17.1 Å². The fraction of sp³-hybridized carbons (Fsp3) is 0.200. The Hall–Kier alpha value is -3.31. The number of hydrogen-bond donors (Lipinski definition) is 2. The molecule has 1 atom stereocenters. The van der Waals surface area contributed by atoms with Gasteiger partial charge in [0.2, 0.25) is 5.66 Å². The zero-order valence-electron chi connectivity index (χ0n) is 17.1. The van der Waals surface area contributed by atoms with E-state index in [-0.39, 0.29) is 11.8 Å². The summed E-state index contributed by atoms with van der Waals surface area (Å²) in [6, 6.07) is 20.5. The smallest absolute Gasteiger partial charge is 0.276 e. The highest BCUT2D eigenvalue weighted by Crippen LogP contribution is 2.49. The molecule has 0 bridgehead atoms. The molecule has 2 N–H and O–H groups in total. The maximum absolute atomic E-state index is 13.7. The lowest BCUT2D eigenvalue weighted by Crippen LogP contribution is -2.61. The summed E-state index contributed by atoms with van der Waals surface area (Å²) < 4.78 is 0. The number of carbonyl (C=O) groups is 2.